The highest BCUT2D eigenvalue weighted by Crippen LogP contribution is 2.27. The molecule has 0 fully saturated rings. The summed E-state index contributed by atoms with van der Waals surface area (Å²) in [5, 5.41) is 0. The molecule has 16 heavy (non-hydrogen) atoms. The van der Waals surface area contributed by atoms with Gasteiger partial charge in [-0.3, -0.25) is 0 Å². The summed E-state index contributed by atoms with van der Waals surface area (Å²) in [6, 6.07) is 8.24. The number of hydrogen-bond donors (Lipinski definition) is 0. The Balaban J connectivity index is 2.64. The predicted octanol–water partition coefficient (Wildman–Crippen LogP) is 3.34. The van der Waals surface area contributed by atoms with Gasteiger partial charge in [0.2, 0.25) is 0 Å². The Morgan fingerprint density at radius 3 is 2.50 bits per heavy atom. The fourth-order valence-corrected chi connectivity index (χ4v) is 1.95. The molecule has 0 saturated heterocycles. The van der Waals surface area contributed by atoms with Crippen molar-refractivity contribution in [2.45, 2.75) is 13.8 Å². The maximum absolute atomic E-state index is 3.22. The van der Waals surface area contributed by atoms with Crippen LogP contribution in [0, 0.1) is 11.8 Å². The van der Waals surface area contributed by atoms with Gasteiger partial charge in [0, 0.05) is 18.2 Å². The number of para-hydroxylation sites is 1. The summed E-state index contributed by atoms with van der Waals surface area (Å²) in [5.41, 5.74) is 4.50. The summed E-state index contributed by atoms with van der Waals surface area (Å²) in [4.78, 5) is 2.18. The number of allylic oxidation sites excluding steroid dienone is 3. The van der Waals surface area contributed by atoms with Gasteiger partial charge in [0.25, 0.3) is 0 Å². The van der Waals surface area contributed by atoms with E-state index < -0.39 is 0 Å². The molecule has 0 N–H and O–H groups in total. The molecule has 0 aromatic heterocycles. The average molecular weight is 209 g/mol. The highest BCUT2D eigenvalue weighted by molar-refractivity contribution is 5.71. The van der Waals surface area contributed by atoms with Crippen LogP contribution < -0.4 is 4.90 Å². The van der Waals surface area contributed by atoms with E-state index in [1.54, 1.807) is 0 Å². The molecule has 0 bridgehead atoms. The zero-order valence-corrected chi connectivity index (χ0v) is 9.91. The quantitative estimate of drug-likeness (QED) is 0.592. The van der Waals surface area contributed by atoms with Crippen LogP contribution in [-0.4, -0.2) is 7.05 Å². The first-order valence-electron chi connectivity index (χ1n) is 5.45. The molecule has 0 amide bonds. The molecule has 2 rings (SSSR count). The van der Waals surface area contributed by atoms with Crippen molar-refractivity contribution in [1.29, 1.82) is 0 Å². The fourth-order valence-electron chi connectivity index (χ4n) is 1.95. The molecular weight excluding hydrogens is 194 g/mol. The van der Waals surface area contributed by atoms with Gasteiger partial charge in [-0.2, -0.15) is 0 Å². The van der Waals surface area contributed by atoms with Crippen LogP contribution in [-0.2, 0) is 0 Å². The Labute approximate surface area is 97.1 Å². The SMILES string of the molecule is C/C=C1/C#Cc2ccccc2N(C)/C1=C/C. The van der Waals surface area contributed by atoms with Crippen molar-refractivity contribution in [3.63, 3.8) is 0 Å². The predicted molar refractivity (Wildman–Crippen MR) is 69.2 cm³/mol. The molecule has 0 atom stereocenters. The Morgan fingerprint density at radius 1 is 1.06 bits per heavy atom. The largest absolute Gasteiger partial charge is 0.343 e. The first-order valence-corrected chi connectivity index (χ1v) is 5.45. The molecule has 1 aromatic rings. The molecule has 0 unspecified atom stereocenters. The normalized spacial score (nSPS) is 19.1. The molecule has 1 heteroatoms. The Hall–Kier alpha value is -1.94. The van der Waals surface area contributed by atoms with Crippen LogP contribution in [0.15, 0.2) is 47.7 Å². The van der Waals surface area contributed by atoms with E-state index in [2.05, 4.69) is 48.1 Å². The van der Waals surface area contributed by atoms with Crippen molar-refractivity contribution >= 4 is 5.69 Å². The molecule has 1 aliphatic rings. The van der Waals surface area contributed by atoms with E-state index >= 15 is 0 Å². The molecule has 80 valence electrons. The third kappa shape index (κ3) is 1.63. The average Bonchev–Trinajstić information content (AvgIpc) is 2.46. The Morgan fingerprint density at radius 2 is 1.81 bits per heavy atom. The van der Waals surface area contributed by atoms with Crippen molar-refractivity contribution in [2.24, 2.45) is 0 Å². The standard InChI is InChI=1S/C15H15N/c1-4-12-10-11-13-8-6-7-9-15(13)16(3)14(12)5-2/h4-9H,1-3H3/b12-4-,14-5+. The topological polar surface area (TPSA) is 3.24 Å². The molecule has 1 nitrogen and oxygen atoms in total. The van der Waals surface area contributed by atoms with E-state index in [0.29, 0.717) is 0 Å². The van der Waals surface area contributed by atoms with E-state index in [4.69, 9.17) is 0 Å². The Kier molecular flexibility index (Phi) is 2.83. The molecule has 1 heterocycles. The molecular formula is C15H15N. The lowest BCUT2D eigenvalue weighted by Gasteiger charge is -2.22. The van der Waals surface area contributed by atoms with Gasteiger partial charge in [0.15, 0.2) is 0 Å². The third-order valence-electron chi connectivity index (χ3n) is 2.80. The zero-order valence-electron chi connectivity index (χ0n) is 9.91. The maximum atomic E-state index is 3.22. The Bertz CT molecular complexity index is 524. The second kappa shape index (κ2) is 4.28. The second-order valence-electron chi connectivity index (χ2n) is 3.70. The van der Waals surface area contributed by atoms with Crippen LogP contribution in [0.4, 0.5) is 5.69 Å². The smallest absolute Gasteiger partial charge is 0.0567 e. The minimum Gasteiger partial charge on any atom is -0.343 e. The van der Waals surface area contributed by atoms with Crippen molar-refractivity contribution < 1.29 is 0 Å². The van der Waals surface area contributed by atoms with Crippen LogP contribution in [0.2, 0.25) is 0 Å². The fraction of sp³-hybridized carbons (Fsp3) is 0.200. The first kappa shape index (κ1) is 10.6. The number of rotatable bonds is 0. The zero-order chi connectivity index (χ0) is 11.5. The van der Waals surface area contributed by atoms with Gasteiger partial charge in [-0.25, -0.2) is 0 Å². The highest BCUT2D eigenvalue weighted by Gasteiger charge is 2.14. The van der Waals surface area contributed by atoms with Gasteiger partial charge < -0.3 is 4.90 Å². The summed E-state index contributed by atoms with van der Waals surface area (Å²) in [6.07, 6.45) is 4.16. The van der Waals surface area contributed by atoms with Crippen molar-refractivity contribution in [3.8, 4) is 11.8 Å². The first-order chi connectivity index (χ1) is 7.77. The van der Waals surface area contributed by atoms with Crippen molar-refractivity contribution in [2.75, 3.05) is 11.9 Å². The highest BCUT2D eigenvalue weighted by atomic mass is 15.1. The van der Waals surface area contributed by atoms with Crippen molar-refractivity contribution in [1.82, 2.24) is 0 Å². The van der Waals surface area contributed by atoms with Gasteiger partial charge in [0.1, 0.15) is 0 Å². The number of benzene rings is 1. The molecule has 0 aliphatic carbocycles. The van der Waals surface area contributed by atoms with E-state index in [1.165, 1.54) is 11.4 Å². The van der Waals surface area contributed by atoms with E-state index in [0.717, 1.165) is 11.1 Å². The minimum absolute atomic E-state index is 1.08. The molecule has 0 saturated carbocycles. The monoisotopic (exact) mass is 209 g/mol. The summed E-state index contributed by atoms with van der Waals surface area (Å²) >= 11 is 0. The lowest BCUT2D eigenvalue weighted by Crippen LogP contribution is -2.17. The summed E-state index contributed by atoms with van der Waals surface area (Å²) < 4.78 is 0. The van der Waals surface area contributed by atoms with Gasteiger partial charge in [-0.15, -0.1) is 0 Å². The van der Waals surface area contributed by atoms with Crippen LogP contribution in [0.5, 0.6) is 0 Å². The number of hydrogen-bond acceptors (Lipinski definition) is 1. The molecule has 0 spiro atoms. The number of likely N-dealkylation sites (N-methyl/N-ethyl adjacent to an activating group) is 1. The van der Waals surface area contributed by atoms with E-state index in [-0.39, 0.29) is 0 Å². The van der Waals surface area contributed by atoms with Crippen LogP contribution in [0.25, 0.3) is 0 Å². The van der Waals surface area contributed by atoms with Crippen molar-refractivity contribution in [3.05, 3.63) is 53.3 Å². The molecule has 1 aliphatic heterocycles. The lowest BCUT2D eigenvalue weighted by molar-refractivity contribution is 1.11. The number of fused-ring (bicyclic) bond motifs is 1. The third-order valence-corrected chi connectivity index (χ3v) is 2.80. The number of anilines is 1. The van der Waals surface area contributed by atoms with Crippen LogP contribution in [0.3, 0.4) is 0 Å². The maximum Gasteiger partial charge on any atom is 0.0567 e. The van der Waals surface area contributed by atoms with E-state index in [9.17, 15) is 0 Å². The minimum atomic E-state index is 1.08. The summed E-state index contributed by atoms with van der Waals surface area (Å²) in [7, 11) is 2.08. The van der Waals surface area contributed by atoms with Crippen LogP contribution >= 0.6 is 0 Å². The van der Waals surface area contributed by atoms with Gasteiger partial charge in [-0.1, -0.05) is 36.1 Å². The lowest BCUT2D eigenvalue weighted by atomic mass is 10.1. The summed E-state index contributed by atoms with van der Waals surface area (Å²) in [6.45, 7) is 4.07. The molecule has 1 aromatic carbocycles. The van der Waals surface area contributed by atoms with Gasteiger partial charge >= 0.3 is 0 Å². The molecule has 0 radical (unpaired) electrons. The number of nitrogens with zero attached hydrogens (tertiary/aromatic N) is 1. The summed E-state index contributed by atoms with van der Waals surface area (Å²) in [5.74, 6) is 6.44. The van der Waals surface area contributed by atoms with Gasteiger partial charge in [0.05, 0.1) is 11.4 Å². The van der Waals surface area contributed by atoms with Crippen LogP contribution in [0.1, 0.15) is 19.4 Å². The second-order valence-corrected chi connectivity index (χ2v) is 3.70. The van der Waals surface area contributed by atoms with Gasteiger partial charge in [-0.05, 0) is 26.0 Å². The van der Waals surface area contributed by atoms with E-state index in [1.807, 2.05) is 26.0 Å².